The van der Waals surface area contributed by atoms with Gasteiger partial charge in [-0.2, -0.15) is 0 Å². The summed E-state index contributed by atoms with van der Waals surface area (Å²) in [7, 11) is -2.52. The summed E-state index contributed by atoms with van der Waals surface area (Å²) in [6.07, 6.45) is 2.75. The number of aromatic nitrogens is 1. The standard InChI is InChI=1S/C18H25N4O3P/c1-3-22-9-8-15-17(11(22)2)13(18(20)21-15)10-14(19)12-6-4-5-7-16(12)25-26(23)24/h4-7,10-11,21,23-24H,3,8-9,19-20H2,1-2H3/b14-10-. The van der Waals surface area contributed by atoms with Crippen LogP contribution in [0.4, 0.5) is 5.82 Å². The maximum absolute atomic E-state index is 9.17. The number of likely N-dealkylation sites (N-methyl/N-ethyl adjacent to an activating group) is 1. The molecule has 2 heterocycles. The first-order valence-electron chi connectivity index (χ1n) is 8.59. The molecular weight excluding hydrogens is 351 g/mol. The van der Waals surface area contributed by atoms with Gasteiger partial charge in [0, 0.05) is 41.5 Å². The normalized spacial score (nSPS) is 18.2. The van der Waals surface area contributed by atoms with Gasteiger partial charge in [0.25, 0.3) is 0 Å². The lowest BCUT2D eigenvalue weighted by atomic mass is 9.95. The van der Waals surface area contributed by atoms with Crippen molar-refractivity contribution in [3.05, 3.63) is 46.6 Å². The van der Waals surface area contributed by atoms with E-state index in [0.29, 0.717) is 22.8 Å². The fourth-order valence-corrected chi connectivity index (χ4v) is 3.94. The van der Waals surface area contributed by atoms with Crippen LogP contribution in [0.1, 0.15) is 42.3 Å². The molecule has 0 saturated heterocycles. The van der Waals surface area contributed by atoms with Crippen molar-refractivity contribution in [1.82, 2.24) is 9.88 Å². The molecule has 3 rings (SSSR count). The molecule has 0 fully saturated rings. The Labute approximate surface area is 154 Å². The van der Waals surface area contributed by atoms with Gasteiger partial charge < -0.3 is 30.8 Å². The van der Waals surface area contributed by atoms with Crippen LogP contribution in [0.25, 0.3) is 11.8 Å². The van der Waals surface area contributed by atoms with E-state index in [0.717, 1.165) is 30.8 Å². The number of nitrogens with zero attached hydrogens (tertiary/aromatic N) is 1. The Morgan fingerprint density at radius 1 is 1.42 bits per heavy atom. The van der Waals surface area contributed by atoms with Crippen molar-refractivity contribution in [2.45, 2.75) is 26.3 Å². The van der Waals surface area contributed by atoms with Crippen LogP contribution in [-0.2, 0) is 6.42 Å². The Morgan fingerprint density at radius 2 is 2.15 bits per heavy atom. The molecule has 1 atom stereocenters. The minimum atomic E-state index is -2.52. The van der Waals surface area contributed by atoms with Gasteiger partial charge in [0.2, 0.25) is 0 Å². The first kappa shape index (κ1) is 18.7. The van der Waals surface area contributed by atoms with Crippen LogP contribution in [0, 0.1) is 0 Å². The monoisotopic (exact) mass is 376 g/mol. The lowest BCUT2D eigenvalue weighted by Gasteiger charge is -2.33. The summed E-state index contributed by atoms with van der Waals surface area (Å²) < 4.78 is 5.09. The topological polar surface area (TPSA) is 121 Å². The number of hydrogen-bond acceptors (Lipinski definition) is 6. The highest BCUT2D eigenvalue weighted by atomic mass is 31.2. The predicted octanol–water partition coefficient (Wildman–Crippen LogP) is 2.58. The van der Waals surface area contributed by atoms with Gasteiger partial charge in [-0.05, 0) is 37.2 Å². The molecular formula is C18H25N4O3P. The van der Waals surface area contributed by atoms with E-state index in [9.17, 15) is 0 Å². The van der Waals surface area contributed by atoms with Gasteiger partial charge >= 0.3 is 8.60 Å². The summed E-state index contributed by atoms with van der Waals surface area (Å²) in [6.45, 7) is 6.29. The molecule has 0 amide bonds. The number of nitrogen functional groups attached to an aromatic ring is 1. The number of benzene rings is 1. The second-order valence-electron chi connectivity index (χ2n) is 6.34. The van der Waals surface area contributed by atoms with Gasteiger partial charge in [0.1, 0.15) is 11.6 Å². The summed E-state index contributed by atoms with van der Waals surface area (Å²) in [5.74, 6) is 0.913. The second-order valence-corrected chi connectivity index (χ2v) is 7.03. The van der Waals surface area contributed by atoms with E-state index in [-0.39, 0.29) is 6.04 Å². The van der Waals surface area contributed by atoms with Gasteiger partial charge in [-0.25, -0.2) is 0 Å². The minimum absolute atomic E-state index is 0.241. The van der Waals surface area contributed by atoms with E-state index in [4.69, 9.17) is 25.8 Å². The summed E-state index contributed by atoms with van der Waals surface area (Å²) in [5.41, 5.74) is 16.8. The van der Waals surface area contributed by atoms with Crippen molar-refractivity contribution in [1.29, 1.82) is 0 Å². The van der Waals surface area contributed by atoms with Crippen molar-refractivity contribution >= 4 is 26.2 Å². The predicted molar refractivity (Wildman–Crippen MR) is 105 cm³/mol. The van der Waals surface area contributed by atoms with Gasteiger partial charge in [-0.15, -0.1) is 0 Å². The maximum atomic E-state index is 9.17. The van der Waals surface area contributed by atoms with Crippen molar-refractivity contribution < 1.29 is 14.3 Å². The fourth-order valence-electron chi connectivity index (χ4n) is 3.60. The molecule has 1 aromatic carbocycles. The first-order chi connectivity index (χ1) is 12.4. The summed E-state index contributed by atoms with van der Waals surface area (Å²) >= 11 is 0. The molecule has 2 aromatic rings. The van der Waals surface area contributed by atoms with Crippen LogP contribution in [0.15, 0.2) is 24.3 Å². The van der Waals surface area contributed by atoms with Crippen LogP contribution < -0.4 is 16.0 Å². The van der Waals surface area contributed by atoms with E-state index in [1.54, 1.807) is 18.2 Å². The van der Waals surface area contributed by atoms with Crippen LogP contribution in [-0.4, -0.2) is 32.8 Å². The van der Waals surface area contributed by atoms with Gasteiger partial charge in [-0.3, -0.25) is 4.90 Å². The molecule has 0 saturated carbocycles. The molecule has 1 aliphatic rings. The van der Waals surface area contributed by atoms with Crippen molar-refractivity contribution in [3.8, 4) is 5.75 Å². The first-order valence-corrected chi connectivity index (χ1v) is 9.75. The van der Waals surface area contributed by atoms with Gasteiger partial charge in [-0.1, -0.05) is 19.1 Å². The third kappa shape index (κ3) is 3.57. The maximum Gasteiger partial charge on any atom is 0.391 e. The fraction of sp³-hybridized carbons (Fsp3) is 0.333. The Bertz CT molecular complexity index is 819. The second kappa shape index (κ2) is 7.68. The smallest absolute Gasteiger partial charge is 0.391 e. The largest absolute Gasteiger partial charge is 0.426 e. The van der Waals surface area contributed by atoms with Crippen molar-refractivity contribution in [2.24, 2.45) is 5.73 Å². The summed E-state index contributed by atoms with van der Waals surface area (Å²) in [6, 6.07) is 7.23. The molecule has 1 aliphatic heterocycles. The van der Waals surface area contributed by atoms with Crippen LogP contribution in [0.5, 0.6) is 5.75 Å². The number of hydrogen-bond donors (Lipinski definition) is 5. The number of aromatic amines is 1. The van der Waals surface area contributed by atoms with Gasteiger partial charge in [0.05, 0.1) is 0 Å². The SMILES string of the molecule is CCN1CCc2[nH]c(N)c(/C=C(\N)c3ccccc3OP(O)O)c2C1C. The molecule has 1 unspecified atom stereocenters. The third-order valence-electron chi connectivity index (χ3n) is 4.89. The van der Waals surface area contributed by atoms with Crippen LogP contribution in [0.2, 0.25) is 0 Å². The highest BCUT2D eigenvalue weighted by molar-refractivity contribution is 7.39. The Morgan fingerprint density at radius 3 is 2.85 bits per heavy atom. The molecule has 1 aromatic heterocycles. The Hall–Kier alpha value is -2.05. The number of anilines is 1. The molecule has 0 aliphatic carbocycles. The molecule has 7 nitrogen and oxygen atoms in total. The van der Waals surface area contributed by atoms with E-state index < -0.39 is 8.60 Å². The Kier molecular flexibility index (Phi) is 5.53. The van der Waals surface area contributed by atoms with Crippen molar-refractivity contribution in [3.63, 3.8) is 0 Å². The number of para-hydroxylation sites is 1. The molecule has 0 radical (unpaired) electrons. The summed E-state index contributed by atoms with van der Waals surface area (Å²) in [5, 5.41) is 0. The number of H-pyrrole nitrogens is 1. The molecule has 7 N–H and O–H groups in total. The van der Waals surface area contributed by atoms with Gasteiger partial charge in [0.15, 0.2) is 0 Å². The molecule has 8 heteroatoms. The third-order valence-corrected chi connectivity index (χ3v) is 5.25. The number of nitrogens with two attached hydrogens (primary N) is 2. The van der Waals surface area contributed by atoms with E-state index in [1.165, 1.54) is 5.56 Å². The van der Waals surface area contributed by atoms with Crippen LogP contribution >= 0.6 is 8.60 Å². The zero-order valence-corrected chi connectivity index (χ0v) is 15.8. The van der Waals surface area contributed by atoms with E-state index >= 15 is 0 Å². The highest BCUT2D eigenvalue weighted by Gasteiger charge is 2.28. The van der Waals surface area contributed by atoms with Crippen molar-refractivity contribution in [2.75, 3.05) is 18.8 Å². The lowest BCUT2D eigenvalue weighted by molar-refractivity contribution is 0.209. The number of rotatable bonds is 5. The zero-order valence-electron chi connectivity index (χ0n) is 14.9. The Balaban J connectivity index is 2.03. The number of nitrogens with one attached hydrogen (secondary N) is 1. The quantitative estimate of drug-likeness (QED) is 0.512. The molecule has 26 heavy (non-hydrogen) atoms. The molecule has 0 bridgehead atoms. The average molecular weight is 376 g/mol. The lowest BCUT2D eigenvalue weighted by Crippen LogP contribution is -2.33. The van der Waals surface area contributed by atoms with E-state index in [1.807, 2.05) is 12.1 Å². The highest BCUT2D eigenvalue weighted by Crippen LogP contribution is 2.38. The zero-order chi connectivity index (χ0) is 18.8. The molecule has 0 spiro atoms. The van der Waals surface area contributed by atoms with Crippen LogP contribution in [0.3, 0.4) is 0 Å². The summed E-state index contributed by atoms with van der Waals surface area (Å²) in [4.78, 5) is 24.0. The average Bonchev–Trinajstić information content (AvgIpc) is 2.91. The van der Waals surface area contributed by atoms with E-state index in [2.05, 4.69) is 23.7 Å². The minimum Gasteiger partial charge on any atom is -0.426 e. The molecule has 140 valence electrons. The number of fused-ring (bicyclic) bond motifs is 1.